The summed E-state index contributed by atoms with van der Waals surface area (Å²) in [5, 5.41) is 22.6. The Morgan fingerprint density at radius 3 is 2.50 bits per heavy atom. The number of hydrogen-bond acceptors (Lipinski definition) is 3. The first-order valence-electron chi connectivity index (χ1n) is 6.55. The van der Waals surface area contributed by atoms with Crippen LogP contribution in [-0.2, 0) is 13.0 Å². The number of hydrogen-bond donors (Lipinski definition) is 3. The van der Waals surface area contributed by atoms with Gasteiger partial charge in [-0.05, 0) is 34.0 Å². The summed E-state index contributed by atoms with van der Waals surface area (Å²) in [6, 6.07) is 15.6. The van der Waals surface area contributed by atoms with Gasteiger partial charge in [-0.1, -0.05) is 42.5 Å². The normalized spacial score (nSPS) is 12.3. The van der Waals surface area contributed by atoms with Crippen molar-refractivity contribution < 1.29 is 10.2 Å². The number of para-hydroxylation sites is 1. The van der Waals surface area contributed by atoms with Crippen LogP contribution in [0.3, 0.4) is 0 Å². The van der Waals surface area contributed by atoms with Crippen LogP contribution >= 0.6 is 15.9 Å². The third kappa shape index (κ3) is 4.07. The quantitative estimate of drug-likeness (QED) is 0.760. The zero-order valence-corrected chi connectivity index (χ0v) is 12.7. The average molecular weight is 336 g/mol. The maximum Gasteiger partial charge on any atom is 0.134 e. The maximum atomic E-state index is 9.92. The van der Waals surface area contributed by atoms with Crippen LogP contribution in [0.15, 0.2) is 53.0 Å². The Balaban J connectivity index is 1.95. The molecule has 20 heavy (non-hydrogen) atoms. The second kappa shape index (κ2) is 7.43. The van der Waals surface area contributed by atoms with Crippen molar-refractivity contribution in [3.8, 4) is 5.75 Å². The van der Waals surface area contributed by atoms with Gasteiger partial charge in [0.25, 0.3) is 0 Å². The van der Waals surface area contributed by atoms with Crippen molar-refractivity contribution in [1.29, 1.82) is 0 Å². The number of aliphatic hydroxyl groups is 1. The highest BCUT2D eigenvalue weighted by atomic mass is 79.9. The van der Waals surface area contributed by atoms with E-state index < -0.39 is 0 Å². The molecule has 0 radical (unpaired) electrons. The summed E-state index contributed by atoms with van der Waals surface area (Å²) >= 11 is 3.30. The molecule has 0 aliphatic rings. The standard InChI is InChI=1S/C16H18BrNO2/c17-15-8-4-7-13(16(15)20)10-18-14(11-19)9-12-5-2-1-3-6-12/h1-8,14,18-20H,9-11H2/t14-/m0/s1. The van der Waals surface area contributed by atoms with Crippen molar-refractivity contribution in [2.45, 2.75) is 19.0 Å². The number of phenols is 1. The monoisotopic (exact) mass is 335 g/mol. The van der Waals surface area contributed by atoms with E-state index >= 15 is 0 Å². The zero-order chi connectivity index (χ0) is 14.4. The molecule has 4 heteroatoms. The summed E-state index contributed by atoms with van der Waals surface area (Å²) in [5.74, 6) is 0.247. The molecule has 0 spiro atoms. The fourth-order valence-corrected chi connectivity index (χ4v) is 2.46. The maximum absolute atomic E-state index is 9.92. The molecule has 0 aliphatic carbocycles. The van der Waals surface area contributed by atoms with Crippen LogP contribution in [0.2, 0.25) is 0 Å². The lowest BCUT2D eigenvalue weighted by Gasteiger charge is -2.17. The number of rotatable bonds is 6. The smallest absolute Gasteiger partial charge is 0.134 e. The number of halogens is 1. The first-order chi connectivity index (χ1) is 9.70. The van der Waals surface area contributed by atoms with Crippen molar-refractivity contribution in [3.63, 3.8) is 0 Å². The van der Waals surface area contributed by atoms with Gasteiger partial charge in [0.05, 0.1) is 11.1 Å². The van der Waals surface area contributed by atoms with Gasteiger partial charge in [0.15, 0.2) is 0 Å². The molecule has 0 saturated heterocycles. The molecule has 1 atom stereocenters. The minimum Gasteiger partial charge on any atom is -0.506 e. The molecule has 2 rings (SSSR count). The number of nitrogens with one attached hydrogen (secondary N) is 1. The molecule has 0 saturated carbocycles. The molecule has 0 aromatic heterocycles. The number of benzene rings is 2. The summed E-state index contributed by atoms with van der Waals surface area (Å²) in [5.41, 5.74) is 1.99. The van der Waals surface area contributed by atoms with Crippen molar-refractivity contribution in [2.24, 2.45) is 0 Å². The van der Waals surface area contributed by atoms with Gasteiger partial charge in [0.2, 0.25) is 0 Å². The summed E-state index contributed by atoms with van der Waals surface area (Å²) in [6.07, 6.45) is 0.756. The lowest BCUT2D eigenvalue weighted by Crippen LogP contribution is -2.34. The van der Waals surface area contributed by atoms with E-state index in [1.54, 1.807) is 6.07 Å². The second-order valence-corrected chi connectivity index (χ2v) is 5.55. The van der Waals surface area contributed by atoms with Crippen LogP contribution in [0, 0.1) is 0 Å². The summed E-state index contributed by atoms with van der Waals surface area (Å²) < 4.78 is 0.681. The Kier molecular flexibility index (Phi) is 5.59. The Labute approximate surface area is 127 Å². The third-order valence-electron chi connectivity index (χ3n) is 3.20. The van der Waals surface area contributed by atoms with Crippen LogP contribution in [-0.4, -0.2) is 22.9 Å². The molecule has 0 unspecified atom stereocenters. The second-order valence-electron chi connectivity index (χ2n) is 4.70. The molecule has 0 heterocycles. The fourth-order valence-electron chi connectivity index (χ4n) is 2.06. The van der Waals surface area contributed by atoms with Crippen molar-refractivity contribution >= 4 is 15.9 Å². The first kappa shape index (κ1) is 15.0. The van der Waals surface area contributed by atoms with Gasteiger partial charge >= 0.3 is 0 Å². The third-order valence-corrected chi connectivity index (χ3v) is 3.84. The Bertz CT molecular complexity index is 545. The van der Waals surface area contributed by atoms with Crippen LogP contribution in [0.4, 0.5) is 0 Å². The zero-order valence-electron chi connectivity index (χ0n) is 11.1. The highest BCUT2D eigenvalue weighted by Gasteiger charge is 2.10. The first-order valence-corrected chi connectivity index (χ1v) is 7.34. The molecule has 2 aromatic rings. The summed E-state index contributed by atoms with van der Waals surface area (Å²) in [4.78, 5) is 0. The highest BCUT2D eigenvalue weighted by Crippen LogP contribution is 2.27. The summed E-state index contributed by atoms with van der Waals surface area (Å²) in [6.45, 7) is 0.576. The minimum absolute atomic E-state index is 0.0317. The molecular weight excluding hydrogens is 318 g/mol. The van der Waals surface area contributed by atoms with Gasteiger partial charge < -0.3 is 15.5 Å². The van der Waals surface area contributed by atoms with Gasteiger partial charge in [0, 0.05) is 18.2 Å². The van der Waals surface area contributed by atoms with Crippen molar-refractivity contribution in [2.75, 3.05) is 6.61 Å². The molecule has 0 fully saturated rings. The Morgan fingerprint density at radius 2 is 1.80 bits per heavy atom. The molecule has 106 valence electrons. The van der Waals surface area contributed by atoms with Crippen LogP contribution < -0.4 is 5.32 Å². The van der Waals surface area contributed by atoms with Crippen LogP contribution in [0.5, 0.6) is 5.75 Å². The predicted molar refractivity (Wildman–Crippen MR) is 83.7 cm³/mol. The van der Waals surface area contributed by atoms with Crippen LogP contribution in [0.25, 0.3) is 0 Å². The Morgan fingerprint density at radius 1 is 1.05 bits per heavy atom. The van der Waals surface area contributed by atoms with E-state index in [0.29, 0.717) is 11.0 Å². The number of aliphatic hydroxyl groups excluding tert-OH is 1. The van der Waals surface area contributed by atoms with E-state index in [4.69, 9.17) is 0 Å². The molecule has 0 bridgehead atoms. The van der Waals surface area contributed by atoms with Gasteiger partial charge in [-0.3, -0.25) is 0 Å². The highest BCUT2D eigenvalue weighted by molar-refractivity contribution is 9.10. The fraction of sp³-hybridized carbons (Fsp3) is 0.250. The molecule has 3 N–H and O–H groups in total. The van der Waals surface area contributed by atoms with E-state index in [2.05, 4.69) is 21.2 Å². The number of aromatic hydroxyl groups is 1. The molecule has 2 aromatic carbocycles. The largest absolute Gasteiger partial charge is 0.506 e. The average Bonchev–Trinajstić information content (AvgIpc) is 2.48. The number of phenolic OH excluding ortho intramolecular Hbond substituents is 1. The predicted octanol–water partition coefficient (Wildman–Crippen LogP) is 2.85. The van der Waals surface area contributed by atoms with Gasteiger partial charge in [-0.25, -0.2) is 0 Å². The van der Waals surface area contributed by atoms with Crippen LogP contribution in [0.1, 0.15) is 11.1 Å². The Hall–Kier alpha value is -1.36. The SMILES string of the molecule is OC[C@H](Cc1ccccc1)NCc1cccc(Br)c1O. The molecule has 0 amide bonds. The van der Waals surface area contributed by atoms with Gasteiger partial charge in [0.1, 0.15) is 5.75 Å². The van der Waals surface area contributed by atoms with Crippen molar-refractivity contribution in [1.82, 2.24) is 5.32 Å². The topological polar surface area (TPSA) is 52.5 Å². The summed E-state index contributed by atoms with van der Waals surface area (Å²) in [7, 11) is 0. The minimum atomic E-state index is -0.0317. The lowest BCUT2D eigenvalue weighted by atomic mass is 10.1. The molecule has 0 aliphatic heterocycles. The van der Waals surface area contributed by atoms with Gasteiger partial charge in [-0.15, -0.1) is 0 Å². The van der Waals surface area contributed by atoms with Gasteiger partial charge in [-0.2, -0.15) is 0 Å². The van der Waals surface area contributed by atoms with E-state index in [-0.39, 0.29) is 18.4 Å². The van der Waals surface area contributed by atoms with Crippen molar-refractivity contribution in [3.05, 3.63) is 64.1 Å². The molecule has 3 nitrogen and oxygen atoms in total. The lowest BCUT2D eigenvalue weighted by molar-refractivity contribution is 0.240. The van der Waals surface area contributed by atoms with E-state index in [1.165, 1.54) is 5.56 Å². The molecular formula is C16H18BrNO2. The van der Waals surface area contributed by atoms with E-state index in [1.807, 2.05) is 42.5 Å². The van der Waals surface area contributed by atoms with E-state index in [9.17, 15) is 10.2 Å². The van der Waals surface area contributed by atoms with E-state index in [0.717, 1.165) is 12.0 Å².